The van der Waals surface area contributed by atoms with Crippen LogP contribution in [0, 0.1) is 5.92 Å². The number of hydrogen-bond donors (Lipinski definition) is 7. The number of rotatable bonds is 6. The Morgan fingerprint density at radius 2 is 1.58 bits per heavy atom. The number of nitrogens with two attached hydrogens (primary N) is 1. The second-order valence-electron chi connectivity index (χ2n) is 6.33. The molecule has 0 aromatic carbocycles. The molecule has 2 fully saturated rings. The van der Waals surface area contributed by atoms with Crippen LogP contribution in [0.4, 0.5) is 4.39 Å². The molecule has 10 atom stereocenters. The molecule has 2 saturated heterocycles. The molecular weight excluding hydrogens is 361 g/mol. The number of ether oxygens (including phenoxy) is 3. The zero-order valence-corrected chi connectivity index (χ0v) is 13.7. The Morgan fingerprint density at radius 1 is 0.962 bits per heavy atom. The highest BCUT2D eigenvalue weighted by atomic mass is 19.1. The second kappa shape index (κ2) is 8.82. The van der Waals surface area contributed by atoms with Crippen molar-refractivity contribution in [3.05, 3.63) is 0 Å². The quantitative estimate of drug-likeness (QED) is 0.235. The van der Waals surface area contributed by atoms with E-state index in [0.29, 0.717) is 0 Å². The van der Waals surface area contributed by atoms with E-state index in [1.54, 1.807) is 0 Å². The number of carbonyl (C=O) groups excluding carboxylic acids is 1. The molecule has 2 aliphatic heterocycles. The number of alkyl halides is 1. The lowest BCUT2D eigenvalue weighted by atomic mass is 9.88. The van der Waals surface area contributed by atoms with E-state index < -0.39 is 86.8 Å². The summed E-state index contributed by atoms with van der Waals surface area (Å²) in [5.41, 5.74) is 5.12. The minimum Gasteiger partial charge on any atom is -0.394 e. The van der Waals surface area contributed by atoms with Gasteiger partial charge in [0.05, 0.1) is 19.3 Å². The number of primary amides is 1. The molecule has 0 bridgehead atoms. The fourth-order valence-electron chi connectivity index (χ4n) is 3.09. The van der Waals surface area contributed by atoms with Crippen LogP contribution in [0.1, 0.15) is 6.42 Å². The fourth-order valence-corrected chi connectivity index (χ4v) is 3.09. The third-order valence-electron chi connectivity index (χ3n) is 4.54. The first-order valence-electron chi connectivity index (χ1n) is 8.04. The largest absolute Gasteiger partial charge is 0.394 e. The van der Waals surface area contributed by atoms with Gasteiger partial charge in [-0.1, -0.05) is 0 Å². The lowest BCUT2D eigenvalue weighted by molar-refractivity contribution is -0.341. The van der Waals surface area contributed by atoms with E-state index in [4.69, 9.17) is 19.9 Å². The van der Waals surface area contributed by atoms with Gasteiger partial charge in [-0.15, -0.1) is 0 Å². The van der Waals surface area contributed by atoms with Crippen LogP contribution >= 0.6 is 0 Å². The van der Waals surface area contributed by atoms with Gasteiger partial charge in [0, 0.05) is 12.3 Å². The Kier molecular flexibility index (Phi) is 7.24. The molecule has 0 aromatic heterocycles. The predicted molar refractivity (Wildman–Crippen MR) is 78.8 cm³/mol. The summed E-state index contributed by atoms with van der Waals surface area (Å²) >= 11 is 0. The number of aliphatic hydroxyl groups is 6. The zero-order valence-electron chi connectivity index (χ0n) is 13.7. The molecule has 8 N–H and O–H groups in total. The van der Waals surface area contributed by atoms with Gasteiger partial charge in [0.15, 0.2) is 6.29 Å². The van der Waals surface area contributed by atoms with E-state index >= 15 is 0 Å². The summed E-state index contributed by atoms with van der Waals surface area (Å²) in [6.45, 7) is -1.46. The van der Waals surface area contributed by atoms with Crippen LogP contribution in [0.3, 0.4) is 0 Å². The molecule has 11 nitrogen and oxygen atoms in total. The number of carbonyl (C=O) groups is 1. The minimum atomic E-state index is -2.26. The molecule has 1 amide bonds. The van der Waals surface area contributed by atoms with Gasteiger partial charge in [0.25, 0.3) is 0 Å². The minimum absolute atomic E-state index is 0.469. The van der Waals surface area contributed by atoms with Gasteiger partial charge in [-0.2, -0.15) is 0 Å². The molecule has 0 saturated carbocycles. The van der Waals surface area contributed by atoms with Crippen molar-refractivity contribution in [2.75, 3.05) is 13.2 Å². The summed E-state index contributed by atoms with van der Waals surface area (Å²) in [4.78, 5) is 11.3. The van der Waals surface area contributed by atoms with E-state index in [2.05, 4.69) is 0 Å². The van der Waals surface area contributed by atoms with Crippen LogP contribution < -0.4 is 5.73 Å². The molecule has 0 spiro atoms. The van der Waals surface area contributed by atoms with E-state index in [0.717, 1.165) is 0 Å². The highest BCUT2D eigenvalue weighted by molar-refractivity contribution is 5.74. The van der Waals surface area contributed by atoms with Crippen LogP contribution in [-0.4, -0.2) is 105 Å². The molecule has 12 heteroatoms. The van der Waals surface area contributed by atoms with Gasteiger partial charge in [0.2, 0.25) is 12.3 Å². The Labute approximate surface area is 147 Å². The van der Waals surface area contributed by atoms with Gasteiger partial charge >= 0.3 is 0 Å². The maximum Gasteiger partial charge on any atom is 0.228 e. The highest BCUT2D eigenvalue weighted by Crippen LogP contribution is 2.33. The first-order chi connectivity index (χ1) is 12.2. The van der Waals surface area contributed by atoms with Gasteiger partial charge in [0.1, 0.15) is 36.6 Å². The number of hydrogen-bond acceptors (Lipinski definition) is 10. The van der Waals surface area contributed by atoms with Crippen molar-refractivity contribution < 1.29 is 54.0 Å². The third-order valence-corrected chi connectivity index (χ3v) is 4.54. The van der Waals surface area contributed by atoms with Crippen molar-refractivity contribution in [3.63, 3.8) is 0 Å². The van der Waals surface area contributed by atoms with Crippen LogP contribution in [0.25, 0.3) is 0 Å². The molecule has 26 heavy (non-hydrogen) atoms. The summed E-state index contributed by atoms with van der Waals surface area (Å²) < 4.78 is 29.0. The molecule has 0 radical (unpaired) electrons. The van der Waals surface area contributed by atoms with Crippen LogP contribution in [0.15, 0.2) is 0 Å². The topological polar surface area (TPSA) is 192 Å². The summed E-state index contributed by atoms with van der Waals surface area (Å²) in [7, 11) is 0. The Morgan fingerprint density at radius 3 is 2.12 bits per heavy atom. The van der Waals surface area contributed by atoms with Gasteiger partial charge in [-0.05, 0) is 0 Å². The van der Waals surface area contributed by atoms with Crippen molar-refractivity contribution in [2.45, 2.75) is 61.8 Å². The maximum absolute atomic E-state index is 13.5. The van der Waals surface area contributed by atoms with Crippen LogP contribution in [-0.2, 0) is 19.0 Å². The Hall–Kier alpha value is -0.960. The van der Waals surface area contributed by atoms with Crippen LogP contribution in [0.2, 0.25) is 0 Å². The standard InChI is InChI=1S/C14H24FNO10/c15-13-11(23)10(22)12(6(3-18)24-13)26-14-4(1-7(16)19)8(20)9(21)5(2-17)25-14/h4-6,8-14,17-18,20-23H,1-3H2,(H2,16,19)/t4-,5+,6+,8+,9+,10+,11+,12+,13-,14-/m0/s1. The van der Waals surface area contributed by atoms with E-state index in [9.17, 15) is 39.8 Å². The SMILES string of the molecule is NC(=O)C[C@@H]1[C@H](O[C@H]2[C@H](O)[C@@H](O)[C@@H](F)O[C@@H]2CO)O[C@H](CO)[C@@H](O)[C@@H]1O. The lowest BCUT2D eigenvalue weighted by Crippen LogP contribution is -2.62. The predicted octanol–water partition coefficient (Wildman–Crippen LogP) is -4.29. The molecule has 0 unspecified atom stereocenters. The maximum atomic E-state index is 13.5. The van der Waals surface area contributed by atoms with E-state index in [1.165, 1.54) is 0 Å². The summed E-state index contributed by atoms with van der Waals surface area (Å²) in [6.07, 6.45) is -15.2. The van der Waals surface area contributed by atoms with Crippen molar-refractivity contribution >= 4 is 5.91 Å². The van der Waals surface area contributed by atoms with Crippen molar-refractivity contribution in [1.82, 2.24) is 0 Å². The zero-order chi connectivity index (χ0) is 19.6. The molecule has 152 valence electrons. The average Bonchev–Trinajstić information content (AvgIpc) is 2.60. The molecular formula is C14H24FNO10. The summed E-state index contributed by atoms with van der Waals surface area (Å²) in [6, 6.07) is 0. The molecule has 2 aliphatic rings. The first kappa shape index (κ1) is 21.3. The number of amides is 1. The number of aliphatic hydroxyl groups excluding tert-OH is 6. The smallest absolute Gasteiger partial charge is 0.228 e. The Bertz CT molecular complexity index is 483. The van der Waals surface area contributed by atoms with Gasteiger partial charge < -0.3 is 50.6 Å². The van der Waals surface area contributed by atoms with Gasteiger partial charge in [-0.3, -0.25) is 4.79 Å². The monoisotopic (exact) mass is 385 g/mol. The van der Waals surface area contributed by atoms with Crippen molar-refractivity contribution in [1.29, 1.82) is 0 Å². The molecule has 2 heterocycles. The molecule has 2 rings (SSSR count). The second-order valence-corrected chi connectivity index (χ2v) is 6.33. The normalized spacial score (nSPS) is 46.9. The van der Waals surface area contributed by atoms with Crippen molar-refractivity contribution in [2.24, 2.45) is 11.7 Å². The van der Waals surface area contributed by atoms with Gasteiger partial charge in [-0.25, -0.2) is 4.39 Å². The Balaban J connectivity index is 2.22. The average molecular weight is 385 g/mol. The lowest BCUT2D eigenvalue weighted by Gasteiger charge is -2.46. The molecule has 0 aliphatic carbocycles. The highest BCUT2D eigenvalue weighted by Gasteiger charge is 2.51. The van der Waals surface area contributed by atoms with Crippen molar-refractivity contribution in [3.8, 4) is 0 Å². The first-order valence-corrected chi connectivity index (χ1v) is 8.04. The van der Waals surface area contributed by atoms with E-state index in [1.807, 2.05) is 0 Å². The molecule has 0 aromatic rings. The fraction of sp³-hybridized carbons (Fsp3) is 0.929. The van der Waals surface area contributed by atoms with E-state index in [-0.39, 0.29) is 0 Å². The summed E-state index contributed by atoms with van der Waals surface area (Å²) in [5, 5.41) is 58.3. The van der Waals surface area contributed by atoms with Crippen LogP contribution in [0.5, 0.6) is 0 Å². The number of halogens is 1. The third kappa shape index (κ3) is 4.30. The summed E-state index contributed by atoms with van der Waals surface area (Å²) in [5.74, 6) is -2.03.